The van der Waals surface area contributed by atoms with E-state index in [-0.39, 0.29) is 36.0 Å². The Bertz CT molecular complexity index is 1790. The van der Waals surface area contributed by atoms with Crippen LogP contribution < -0.4 is 35.5 Å². The average Bonchev–Trinajstić information content (AvgIpc) is 3.11. The fourth-order valence-corrected chi connectivity index (χ4v) is 5.18. The van der Waals surface area contributed by atoms with Crippen LogP contribution in [0.2, 0.25) is 0 Å². The zero-order valence-corrected chi connectivity index (χ0v) is 34.3. The van der Waals surface area contributed by atoms with Gasteiger partial charge in [0, 0.05) is 24.1 Å². The van der Waals surface area contributed by atoms with Crippen LogP contribution in [0.1, 0.15) is 121 Å². The Balaban J connectivity index is 1.81. The smallest absolute Gasteiger partial charge is 0.412 e. The molecule has 306 valence electrons. The van der Waals surface area contributed by atoms with E-state index in [9.17, 15) is 19.2 Å². The molecule has 0 aliphatic rings. The van der Waals surface area contributed by atoms with Crippen molar-refractivity contribution in [2.24, 2.45) is 5.92 Å². The minimum atomic E-state index is -0.775. The number of unbranched alkanes of at least 4 members (excludes halogenated alkanes) is 2. The lowest BCUT2D eigenvalue weighted by Gasteiger charge is -2.21. The van der Waals surface area contributed by atoms with Crippen molar-refractivity contribution in [3.63, 3.8) is 0 Å². The SMILES string of the molecule is CCC(C)Oc1cc(CNCCCCCC(=O)O)ccc1NC(=O)c1ccc(NC(=O)c2ccc(NC(=O)OC(C)(C)C)c(OC(C)C)c2)c(OCC(C)C)c1. The number of amides is 3. The molecule has 3 rings (SSSR count). The molecular formula is C43H60N4O9. The minimum absolute atomic E-state index is 0.0903. The highest BCUT2D eigenvalue weighted by Crippen LogP contribution is 2.32. The van der Waals surface area contributed by atoms with Crippen molar-refractivity contribution >= 4 is 40.9 Å². The third-order valence-electron chi connectivity index (χ3n) is 8.08. The molecule has 3 amide bonds. The highest BCUT2D eigenvalue weighted by atomic mass is 16.6. The summed E-state index contributed by atoms with van der Waals surface area (Å²) in [4.78, 5) is 50.5. The topological polar surface area (TPSA) is 174 Å². The lowest BCUT2D eigenvalue weighted by atomic mass is 10.1. The summed E-state index contributed by atoms with van der Waals surface area (Å²) in [6, 6.07) is 15.2. The average molecular weight is 777 g/mol. The first-order valence-corrected chi connectivity index (χ1v) is 19.4. The molecule has 13 nitrogen and oxygen atoms in total. The summed E-state index contributed by atoms with van der Waals surface area (Å²) in [6.45, 7) is 18.6. The molecule has 56 heavy (non-hydrogen) atoms. The summed E-state index contributed by atoms with van der Waals surface area (Å²) >= 11 is 0. The molecule has 3 aromatic carbocycles. The Morgan fingerprint density at radius 3 is 1.86 bits per heavy atom. The lowest BCUT2D eigenvalue weighted by Crippen LogP contribution is -2.27. The first-order chi connectivity index (χ1) is 26.4. The van der Waals surface area contributed by atoms with Crippen molar-refractivity contribution in [1.82, 2.24) is 5.32 Å². The maximum Gasteiger partial charge on any atom is 0.412 e. The van der Waals surface area contributed by atoms with Crippen LogP contribution in [0.5, 0.6) is 17.2 Å². The Kier molecular flexibility index (Phi) is 17.5. The summed E-state index contributed by atoms with van der Waals surface area (Å²) in [5.41, 5.74) is 2.11. The zero-order valence-electron chi connectivity index (χ0n) is 34.3. The van der Waals surface area contributed by atoms with Crippen molar-refractivity contribution in [2.45, 2.75) is 119 Å². The molecule has 1 atom stereocenters. The number of carboxylic acid groups (broad SMARTS) is 1. The van der Waals surface area contributed by atoms with Gasteiger partial charge < -0.3 is 40.0 Å². The Morgan fingerprint density at radius 2 is 1.29 bits per heavy atom. The monoisotopic (exact) mass is 776 g/mol. The van der Waals surface area contributed by atoms with E-state index in [0.717, 1.165) is 31.4 Å². The molecule has 3 aromatic rings. The van der Waals surface area contributed by atoms with Crippen molar-refractivity contribution in [3.05, 3.63) is 71.3 Å². The normalized spacial score (nSPS) is 11.8. The quantitative estimate of drug-likeness (QED) is 0.0656. The van der Waals surface area contributed by atoms with E-state index >= 15 is 0 Å². The number of rotatable bonds is 21. The fraction of sp³-hybridized carbons (Fsp3) is 0.488. The van der Waals surface area contributed by atoms with Crippen LogP contribution in [0.3, 0.4) is 0 Å². The number of anilines is 3. The van der Waals surface area contributed by atoms with Gasteiger partial charge in [0.2, 0.25) is 0 Å². The summed E-state index contributed by atoms with van der Waals surface area (Å²) in [7, 11) is 0. The predicted octanol–water partition coefficient (Wildman–Crippen LogP) is 9.27. The van der Waals surface area contributed by atoms with Gasteiger partial charge in [-0.15, -0.1) is 0 Å². The van der Waals surface area contributed by atoms with Crippen LogP contribution in [-0.4, -0.2) is 59.9 Å². The predicted molar refractivity (Wildman–Crippen MR) is 219 cm³/mol. The molecule has 13 heteroatoms. The van der Waals surface area contributed by atoms with Gasteiger partial charge in [-0.3, -0.25) is 19.7 Å². The van der Waals surface area contributed by atoms with Crippen molar-refractivity contribution < 1.29 is 43.2 Å². The van der Waals surface area contributed by atoms with E-state index < -0.39 is 23.6 Å². The van der Waals surface area contributed by atoms with Crippen LogP contribution in [-0.2, 0) is 16.1 Å². The molecule has 0 aliphatic carbocycles. The van der Waals surface area contributed by atoms with Crippen molar-refractivity contribution in [2.75, 3.05) is 29.1 Å². The zero-order chi connectivity index (χ0) is 41.4. The lowest BCUT2D eigenvalue weighted by molar-refractivity contribution is -0.137. The third-order valence-corrected chi connectivity index (χ3v) is 8.08. The number of carboxylic acids is 1. The summed E-state index contributed by atoms with van der Waals surface area (Å²) < 4.78 is 23.6. The molecule has 0 spiro atoms. The van der Waals surface area contributed by atoms with Gasteiger partial charge in [0.1, 0.15) is 22.8 Å². The number of ether oxygens (including phenoxy) is 4. The third kappa shape index (κ3) is 15.8. The van der Waals surface area contributed by atoms with Gasteiger partial charge in [-0.05, 0) is 127 Å². The first kappa shape index (κ1) is 45.1. The second kappa shape index (κ2) is 21.7. The van der Waals surface area contributed by atoms with Crippen LogP contribution in [0.25, 0.3) is 0 Å². The molecule has 0 saturated carbocycles. The van der Waals surface area contributed by atoms with Crippen LogP contribution in [0.15, 0.2) is 54.6 Å². The summed E-state index contributed by atoms with van der Waals surface area (Å²) in [5, 5.41) is 20.8. The van der Waals surface area contributed by atoms with Gasteiger partial charge in [-0.2, -0.15) is 0 Å². The van der Waals surface area contributed by atoms with Crippen molar-refractivity contribution in [1.29, 1.82) is 0 Å². The van der Waals surface area contributed by atoms with Gasteiger partial charge >= 0.3 is 12.1 Å². The van der Waals surface area contributed by atoms with E-state index in [0.29, 0.717) is 59.4 Å². The molecule has 0 aromatic heterocycles. The molecular weight excluding hydrogens is 716 g/mol. The van der Waals surface area contributed by atoms with Crippen LogP contribution in [0.4, 0.5) is 21.9 Å². The van der Waals surface area contributed by atoms with E-state index in [4.69, 9.17) is 24.1 Å². The maximum atomic E-state index is 13.7. The maximum absolute atomic E-state index is 13.7. The largest absolute Gasteiger partial charge is 0.491 e. The minimum Gasteiger partial charge on any atom is -0.491 e. The van der Waals surface area contributed by atoms with E-state index in [1.807, 2.05) is 59.7 Å². The van der Waals surface area contributed by atoms with Gasteiger partial charge in [0.25, 0.3) is 11.8 Å². The number of hydrogen-bond donors (Lipinski definition) is 5. The number of hydrogen-bond acceptors (Lipinski definition) is 9. The van der Waals surface area contributed by atoms with Gasteiger partial charge in [0.15, 0.2) is 0 Å². The van der Waals surface area contributed by atoms with Gasteiger partial charge in [-0.1, -0.05) is 33.3 Å². The van der Waals surface area contributed by atoms with E-state index in [1.165, 1.54) is 0 Å². The standard InChI is InChI=1S/C43H60N4O9/c1-10-29(6)55-37-22-30(25-44-21-13-11-12-14-39(48)49)15-18-34(37)46-40(50)31-16-19-33(36(23-31)53-26-27(2)3)45-41(51)32-17-20-35(38(24-32)54-28(4)5)47-42(52)56-43(7,8)9/h15-20,22-24,27-29,44H,10-14,21,25-26H2,1-9H3,(H,45,51)(H,46,50)(H,47,52)(H,48,49). The highest BCUT2D eigenvalue weighted by molar-refractivity contribution is 6.08. The molecule has 1 unspecified atom stereocenters. The van der Waals surface area contributed by atoms with Gasteiger partial charge in [0.05, 0.1) is 35.9 Å². The second-order valence-electron chi connectivity index (χ2n) is 15.4. The highest BCUT2D eigenvalue weighted by Gasteiger charge is 2.21. The van der Waals surface area contributed by atoms with Gasteiger partial charge in [-0.25, -0.2) is 4.79 Å². The summed E-state index contributed by atoms with van der Waals surface area (Å²) in [6.07, 6.45) is 2.34. The Morgan fingerprint density at radius 1 is 0.714 bits per heavy atom. The van der Waals surface area contributed by atoms with Crippen molar-refractivity contribution in [3.8, 4) is 17.2 Å². The first-order valence-electron chi connectivity index (χ1n) is 19.4. The van der Waals surface area contributed by atoms with Crippen LogP contribution in [0, 0.1) is 5.92 Å². The molecule has 5 N–H and O–H groups in total. The number of nitrogens with one attached hydrogen (secondary N) is 4. The number of aliphatic carboxylic acids is 1. The molecule has 0 fully saturated rings. The number of carbonyl (C=O) groups excluding carboxylic acids is 3. The van der Waals surface area contributed by atoms with E-state index in [1.54, 1.807) is 57.2 Å². The fourth-order valence-electron chi connectivity index (χ4n) is 5.18. The number of carbonyl (C=O) groups is 4. The molecule has 0 heterocycles. The molecule has 0 saturated heterocycles. The Hall–Kier alpha value is -5.30. The van der Waals surface area contributed by atoms with Crippen LogP contribution >= 0.6 is 0 Å². The summed E-state index contributed by atoms with van der Waals surface area (Å²) in [5.74, 6) is -0.281. The molecule has 0 radical (unpaired) electrons. The number of benzene rings is 3. The van der Waals surface area contributed by atoms with E-state index in [2.05, 4.69) is 21.3 Å². The second-order valence-corrected chi connectivity index (χ2v) is 15.4. The molecule has 0 bridgehead atoms. The Labute approximate surface area is 331 Å². The molecule has 0 aliphatic heterocycles.